The first kappa shape index (κ1) is 10.5. The number of hydrogen-bond acceptors (Lipinski definition) is 3. The average Bonchev–Trinajstić information content (AvgIpc) is 2.45. The summed E-state index contributed by atoms with van der Waals surface area (Å²) in [6.07, 6.45) is 3.20. The number of rotatable bonds is 1. The standard InChI is InChI=1S/C9H12IN3S/c1-6-3-4-14-9(11-6)8-7(10)5-13(2)12-8/h5-6H,3-4H2,1-2H3/t6-/m1/s1. The Kier molecular flexibility index (Phi) is 3.16. The van der Waals surface area contributed by atoms with Gasteiger partial charge in [0.25, 0.3) is 0 Å². The third-order valence-corrected chi connectivity index (χ3v) is 3.90. The highest BCUT2D eigenvalue weighted by atomic mass is 127. The number of aromatic nitrogens is 2. The number of hydrogen-bond donors (Lipinski definition) is 0. The second kappa shape index (κ2) is 4.22. The van der Waals surface area contributed by atoms with E-state index in [0.29, 0.717) is 6.04 Å². The van der Waals surface area contributed by atoms with Crippen molar-refractivity contribution < 1.29 is 0 Å². The van der Waals surface area contributed by atoms with E-state index < -0.39 is 0 Å². The number of thioether (sulfide) groups is 1. The quantitative estimate of drug-likeness (QED) is 0.743. The summed E-state index contributed by atoms with van der Waals surface area (Å²) >= 11 is 4.13. The lowest BCUT2D eigenvalue weighted by molar-refractivity contribution is 0.718. The van der Waals surface area contributed by atoms with Crippen molar-refractivity contribution in [3.05, 3.63) is 15.5 Å². The van der Waals surface area contributed by atoms with Crippen molar-refractivity contribution in [1.82, 2.24) is 9.78 Å². The van der Waals surface area contributed by atoms with Crippen LogP contribution < -0.4 is 0 Å². The summed E-state index contributed by atoms with van der Waals surface area (Å²) in [4.78, 5) is 4.63. The third-order valence-electron chi connectivity index (χ3n) is 2.10. The Balaban J connectivity index is 2.34. The van der Waals surface area contributed by atoms with Crippen LogP contribution in [0.25, 0.3) is 0 Å². The minimum atomic E-state index is 0.448. The van der Waals surface area contributed by atoms with Gasteiger partial charge in [0.1, 0.15) is 10.7 Å². The number of halogens is 1. The van der Waals surface area contributed by atoms with Crippen LogP contribution in [0.4, 0.5) is 0 Å². The Morgan fingerprint density at radius 3 is 3.00 bits per heavy atom. The molecule has 1 aliphatic rings. The van der Waals surface area contributed by atoms with Gasteiger partial charge >= 0.3 is 0 Å². The van der Waals surface area contributed by atoms with E-state index in [9.17, 15) is 0 Å². The molecular formula is C9H12IN3S. The molecule has 2 heterocycles. The van der Waals surface area contributed by atoms with Gasteiger partial charge in [0.15, 0.2) is 0 Å². The molecule has 1 aromatic rings. The molecule has 0 fully saturated rings. The summed E-state index contributed by atoms with van der Waals surface area (Å²) < 4.78 is 3.03. The fraction of sp³-hybridized carbons (Fsp3) is 0.556. The predicted octanol–water partition coefficient (Wildman–Crippen LogP) is 2.30. The van der Waals surface area contributed by atoms with Gasteiger partial charge in [-0.05, 0) is 35.9 Å². The largest absolute Gasteiger partial charge is 0.274 e. The van der Waals surface area contributed by atoms with Gasteiger partial charge in [0.2, 0.25) is 0 Å². The minimum absolute atomic E-state index is 0.448. The lowest BCUT2D eigenvalue weighted by Gasteiger charge is -2.15. The van der Waals surface area contributed by atoms with Crippen LogP contribution in [-0.4, -0.2) is 26.6 Å². The van der Waals surface area contributed by atoms with Gasteiger partial charge in [-0.3, -0.25) is 9.67 Å². The van der Waals surface area contributed by atoms with Crippen molar-refractivity contribution in [2.24, 2.45) is 12.0 Å². The van der Waals surface area contributed by atoms with E-state index in [0.717, 1.165) is 16.5 Å². The molecule has 2 rings (SSSR count). The Labute approximate surface area is 102 Å². The Hall–Kier alpha value is -0.0400. The van der Waals surface area contributed by atoms with Crippen molar-refractivity contribution in [3.8, 4) is 0 Å². The lowest BCUT2D eigenvalue weighted by atomic mass is 10.3. The molecule has 0 aromatic carbocycles. The van der Waals surface area contributed by atoms with Crippen LogP contribution in [0.5, 0.6) is 0 Å². The average molecular weight is 321 g/mol. The van der Waals surface area contributed by atoms with Crippen LogP contribution in [0.3, 0.4) is 0 Å². The highest BCUT2D eigenvalue weighted by Gasteiger charge is 2.17. The van der Waals surface area contributed by atoms with Crippen molar-refractivity contribution in [1.29, 1.82) is 0 Å². The SMILES string of the molecule is C[C@@H]1CCSC(c2nn(C)cc2I)=N1. The molecule has 0 aliphatic carbocycles. The molecule has 0 N–H and O–H groups in total. The molecule has 1 aromatic heterocycles. The number of aryl methyl sites for hydroxylation is 1. The van der Waals surface area contributed by atoms with E-state index in [2.05, 4.69) is 39.6 Å². The van der Waals surface area contributed by atoms with Crippen LogP contribution in [0.1, 0.15) is 19.0 Å². The Bertz CT molecular complexity index is 372. The second-order valence-corrected chi connectivity index (χ2v) is 5.67. The molecule has 3 nitrogen and oxygen atoms in total. The molecule has 0 bridgehead atoms. The molecule has 0 saturated heterocycles. The number of aliphatic imine (C=N–C) groups is 1. The van der Waals surface area contributed by atoms with Gasteiger partial charge in [-0.2, -0.15) is 5.10 Å². The maximum Gasteiger partial charge on any atom is 0.130 e. The topological polar surface area (TPSA) is 30.2 Å². The van der Waals surface area contributed by atoms with E-state index in [1.807, 2.05) is 29.7 Å². The number of nitrogens with zero attached hydrogens (tertiary/aromatic N) is 3. The molecular weight excluding hydrogens is 309 g/mol. The summed E-state index contributed by atoms with van der Waals surface area (Å²) in [7, 11) is 1.95. The molecule has 5 heteroatoms. The molecule has 0 spiro atoms. The molecule has 0 amide bonds. The van der Waals surface area contributed by atoms with Gasteiger partial charge in [-0.15, -0.1) is 11.8 Å². The van der Waals surface area contributed by atoms with Crippen LogP contribution in [0.15, 0.2) is 11.2 Å². The van der Waals surface area contributed by atoms with Gasteiger partial charge in [-0.25, -0.2) is 0 Å². The normalized spacial score (nSPS) is 22.2. The van der Waals surface area contributed by atoms with E-state index in [1.54, 1.807) is 0 Å². The summed E-state index contributed by atoms with van der Waals surface area (Å²) in [5.74, 6) is 1.16. The van der Waals surface area contributed by atoms with Crippen LogP contribution in [0.2, 0.25) is 0 Å². The highest BCUT2D eigenvalue weighted by Crippen LogP contribution is 2.24. The fourth-order valence-electron chi connectivity index (χ4n) is 1.36. The van der Waals surface area contributed by atoms with E-state index in [4.69, 9.17) is 0 Å². The molecule has 14 heavy (non-hydrogen) atoms. The molecule has 76 valence electrons. The molecule has 0 unspecified atom stereocenters. The van der Waals surface area contributed by atoms with Crippen LogP contribution in [-0.2, 0) is 7.05 Å². The van der Waals surface area contributed by atoms with Crippen molar-refractivity contribution in [2.45, 2.75) is 19.4 Å². The molecule has 1 aliphatic heterocycles. The summed E-state index contributed by atoms with van der Waals surface area (Å²) in [6, 6.07) is 0.448. The van der Waals surface area contributed by atoms with Crippen LogP contribution >= 0.6 is 34.4 Å². The molecule has 0 radical (unpaired) electrons. The zero-order chi connectivity index (χ0) is 10.1. The van der Waals surface area contributed by atoms with Crippen LogP contribution in [0, 0.1) is 3.57 Å². The van der Waals surface area contributed by atoms with Gasteiger partial charge in [0, 0.05) is 25.0 Å². The Morgan fingerprint density at radius 2 is 2.43 bits per heavy atom. The fourth-order valence-corrected chi connectivity index (χ4v) is 3.51. The molecule has 1 atom stereocenters. The zero-order valence-corrected chi connectivity index (χ0v) is 11.2. The predicted molar refractivity (Wildman–Crippen MR) is 69.0 cm³/mol. The second-order valence-electron chi connectivity index (χ2n) is 3.42. The van der Waals surface area contributed by atoms with E-state index in [-0.39, 0.29) is 0 Å². The molecule has 0 saturated carbocycles. The van der Waals surface area contributed by atoms with Crippen molar-refractivity contribution in [3.63, 3.8) is 0 Å². The lowest BCUT2D eigenvalue weighted by Crippen LogP contribution is -2.13. The third kappa shape index (κ3) is 2.13. The maximum atomic E-state index is 4.63. The monoisotopic (exact) mass is 321 g/mol. The van der Waals surface area contributed by atoms with Crippen molar-refractivity contribution >= 4 is 39.4 Å². The summed E-state index contributed by atoms with van der Waals surface area (Å²) in [6.45, 7) is 2.16. The summed E-state index contributed by atoms with van der Waals surface area (Å²) in [5, 5.41) is 5.53. The highest BCUT2D eigenvalue weighted by molar-refractivity contribution is 14.1. The first-order chi connectivity index (χ1) is 6.66. The zero-order valence-electron chi connectivity index (χ0n) is 8.20. The first-order valence-corrected chi connectivity index (χ1v) is 6.63. The van der Waals surface area contributed by atoms with Gasteiger partial charge < -0.3 is 0 Å². The smallest absolute Gasteiger partial charge is 0.130 e. The van der Waals surface area contributed by atoms with E-state index >= 15 is 0 Å². The van der Waals surface area contributed by atoms with E-state index in [1.165, 1.54) is 9.99 Å². The van der Waals surface area contributed by atoms with Crippen molar-refractivity contribution in [2.75, 3.05) is 5.75 Å². The van der Waals surface area contributed by atoms with Gasteiger partial charge in [0.05, 0.1) is 3.57 Å². The maximum absolute atomic E-state index is 4.63. The first-order valence-electron chi connectivity index (χ1n) is 4.57. The Morgan fingerprint density at radius 1 is 1.64 bits per heavy atom. The van der Waals surface area contributed by atoms with Gasteiger partial charge in [-0.1, -0.05) is 0 Å². The minimum Gasteiger partial charge on any atom is -0.274 e. The summed E-state index contributed by atoms with van der Waals surface area (Å²) in [5.41, 5.74) is 1.05.